The molecule has 1 saturated carbocycles. The average Bonchev–Trinajstić information content (AvgIpc) is 2.65. The fraction of sp³-hybridized carbons (Fsp3) is 0.500. The topological polar surface area (TPSA) is 17.1 Å². The number of allylic oxidation sites excluding steroid dienone is 4. The standard InChI is InChI=1S/C10H8F2O/c11-10(12)4-3-5-6-1-2-7(8(5)10)9(6)13/h1-8H/t5-,6+,7-,8-/m0/s1. The predicted octanol–water partition coefficient (Wildman–Crippen LogP) is 1.81. The van der Waals surface area contributed by atoms with Crippen LogP contribution in [0.15, 0.2) is 24.3 Å². The molecule has 0 aromatic heterocycles. The summed E-state index contributed by atoms with van der Waals surface area (Å²) >= 11 is 0. The van der Waals surface area contributed by atoms with Crippen molar-refractivity contribution in [3.63, 3.8) is 0 Å². The van der Waals surface area contributed by atoms with E-state index >= 15 is 0 Å². The molecule has 0 N–H and O–H groups in total. The van der Waals surface area contributed by atoms with Crippen molar-refractivity contribution in [3.05, 3.63) is 24.3 Å². The van der Waals surface area contributed by atoms with Gasteiger partial charge in [0, 0.05) is 23.7 Å². The molecule has 0 aromatic carbocycles. The number of hydrogen-bond donors (Lipinski definition) is 0. The lowest BCUT2D eigenvalue weighted by molar-refractivity contribution is -0.122. The summed E-state index contributed by atoms with van der Waals surface area (Å²) in [5, 5.41) is 0. The third-order valence-electron chi connectivity index (χ3n) is 3.38. The molecule has 0 spiro atoms. The van der Waals surface area contributed by atoms with Gasteiger partial charge in [0.1, 0.15) is 5.78 Å². The number of alkyl halides is 2. The molecule has 2 bridgehead atoms. The van der Waals surface area contributed by atoms with Crippen molar-refractivity contribution in [1.82, 2.24) is 0 Å². The Balaban J connectivity index is 2.10. The van der Waals surface area contributed by atoms with E-state index in [0.717, 1.165) is 6.08 Å². The van der Waals surface area contributed by atoms with Gasteiger partial charge in [-0.2, -0.15) is 0 Å². The van der Waals surface area contributed by atoms with Gasteiger partial charge in [-0.15, -0.1) is 0 Å². The molecule has 1 nitrogen and oxygen atoms in total. The lowest BCUT2D eigenvalue weighted by atomic mass is 9.84. The van der Waals surface area contributed by atoms with E-state index in [1.165, 1.54) is 6.08 Å². The minimum Gasteiger partial charge on any atom is -0.298 e. The quantitative estimate of drug-likeness (QED) is 0.522. The third kappa shape index (κ3) is 0.689. The maximum Gasteiger partial charge on any atom is 0.270 e. The average molecular weight is 182 g/mol. The number of rotatable bonds is 0. The Bertz CT molecular complexity index is 343. The van der Waals surface area contributed by atoms with Gasteiger partial charge in [0.15, 0.2) is 0 Å². The molecule has 13 heavy (non-hydrogen) atoms. The van der Waals surface area contributed by atoms with E-state index in [0.29, 0.717) is 0 Å². The summed E-state index contributed by atoms with van der Waals surface area (Å²) in [7, 11) is 0. The van der Waals surface area contributed by atoms with Crippen LogP contribution in [0.5, 0.6) is 0 Å². The summed E-state index contributed by atoms with van der Waals surface area (Å²) in [5.41, 5.74) is 0. The van der Waals surface area contributed by atoms with Gasteiger partial charge in [-0.05, 0) is 6.08 Å². The predicted molar refractivity (Wildman–Crippen MR) is 42.2 cm³/mol. The number of carbonyl (C=O) groups excluding carboxylic acids is 1. The zero-order valence-corrected chi connectivity index (χ0v) is 6.78. The minimum atomic E-state index is -2.77. The van der Waals surface area contributed by atoms with Crippen LogP contribution in [0.25, 0.3) is 0 Å². The first-order valence-corrected chi connectivity index (χ1v) is 4.40. The van der Waals surface area contributed by atoms with Crippen molar-refractivity contribution in [2.24, 2.45) is 23.7 Å². The van der Waals surface area contributed by atoms with E-state index in [1.807, 2.05) is 0 Å². The highest BCUT2D eigenvalue weighted by Gasteiger charge is 2.61. The Morgan fingerprint density at radius 3 is 2.54 bits per heavy atom. The van der Waals surface area contributed by atoms with Crippen molar-refractivity contribution in [3.8, 4) is 0 Å². The van der Waals surface area contributed by atoms with Crippen LogP contribution in [0, 0.1) is 23.7 Å². The minimum absolute atomic E-state index is 0.0148. The summed E-state index contributed by atoms with van der Waals surface area (Å²) in [5.74, 6) is -4.60. The molecule has 0 aliphatic heterocycles. The maximum atomic E-state index is 13.3. The Labute approximate surface area is 74.1 Å². The van der Waals surface area contributed by atoms with Gasteiger partial charge < -0.3 is 0 Å². The molecule has 0 unspecified atom stereocenters. The van der Waals surface area contributed by atoms with Crippen LogP contribution in [-0.2, 0) is 4.79 Å². The SMILES string of the molecule is O=C1[C@H]2C=C[C@@H]1[C@@H]1C=CC(F)(F)[C@@H]12. The molecule has 0 heterocycles. The highest BCUT2D eigenvalue weighted by Crippen LogP contribution is 2.56. The first-order valence-electron chi connectivity index (χ1n) is 4.40. The van der Waals surface area contributed by atoms with Crippen LogP contribution >= 0.6 is 0 Å². The first kappa shape index (κ1) is 7.42. The van der Waals surface area contributed by atoms with Crippen LogP contribution in [-0.4, -0.2) is 11.7 Å². The number of fused-ring (bicyclic) bond motifs is 5. The van der Waals surface area contributed by atoms with E-state index in [1.54, 1.807) is 12.2 Å². The van der Waals surface area contributed by atoms with Gasteiger partial charge >= 0.3 is 0 Å². The second-order valence-electron chi connectivity index (χ2n) is 3.98. The molecular formula is C10H8F2O. The molecule has 0 amide bonds. The Hall–Kier alpha value is -0.990. The zero-order valence-electron chi connectivity index (χ0n) is 6.78. The fourth-order valence-electron chi connectivity index (χ4n) is 2.81. The zero-order chi connectivity index (χ0) is 9.22. The maximum absolute atomic E-state index is 13.3. The normalized spacial score (nSPS) is 48.9. The molecular weight excluding hydrogens is 174 g/mol. The summed E-state index contributed by atoms with van der Waals surface area (Å²) in [6, 6.07) is 0. The molecule has 0 saturated heterocycles. The number of ketones is 1. The van der Waals surface area contributed by atoms with Gasteiger partial charge in [-0.3, -0.25) is 4.79 Å². The fourth-order valence-corrected chi connectivity index (χ4v) is 2.81. The van der Waals surface area contributed by atoms with Gasteiger partial charge in [0.25, 0.3) is 5.92 Å². The second-order valence-corrected chi connectivity index (χ2v) is 3.98. The van der Waals surface area contributed by atoms with Crippen LogP contribution in [0.3, 0.4) is 0 Å². The number of carbonyl (C=O) groups is 1. The molecule has 3 rings (SSSR count). The highest BCUT2D eigenvalue weighted by atomic mass is 19.3. The summed E-state index contributed by atoms with van der Waals surface area (Å²) in [6.07, 6.45) is 5.90. The van der Waals surface area contributed by atoms with Gasteiger partial charge in [-0.25, -0.2) is 8.78 Å². The third-order valence-corrected chi connectivity index (χ3v) is 3.38. The van der Waals surface area contributed by atoms with Crippen LogP contribution in [0.1, 0.15) is 0 Å². The van der Waals surface area contributed by atoms with Crippen molar-refractivity contribution in [2.45, 2.75) is 5.92 Å². The molecule has 4 atom stereocenters. The highest BCUT2D eigenvalue weighted by molar-refractivity contribution is 5.93. The Morgan fingerprint density at radius 2 is 1.85 bits per heavy atom. The molecule has 0 radical (unpaired) electrons. The number of hydrogen-bond acceptors (Lipinski definition) is 1. The van der Waals surface area contributed by atoms with Crippen molar-refractivity contribution in [1.29, 1.82) is 0 Å². The van der Waals surface area contributed by atoms with E-state index in [-0.39, 0.29) is 17.6 Å². The first-order chi connectivity index (χ1) is 6.11. The molecule has 3 heteroatoms. The van der Waals surface area contributed by atoms with Crippen LogP contribution in [0.4, 0.5) is 8.78 Å². The lowest BCUT2D eigenvalue weighted by Gasteiger charge is -2.23. The van der Waals surface area contributed by atoms with E-state index in [2.05, 4.69) is 0 Å². The largest absolute Gasteiger partial charge is 0.298 e. The molecule has 1 fully saturated rings. The van der Waals surface area contributed by atoms with Crippen molar-refractivity contribution >= 4 is 5.78 Å². The van der Waals surface area contributed by atoms with Crippen LogP contribution < -0.4 is 0 Å². The smallest absolute Gasteiger partial charge is 0.270 e. The summed E-state index contributed by atoms with van der Waals surface area (Å²) in [4.78, 5) is 11.4. The van der Waals surface area contributed by atoms with Gasteiger partial charge in [0.2, 0.25) is 0 Å². The molecule has 0 aromatic rings. The molecule has 68 valence electrons. The Kier molecular flexibility index (Phi) is 1.09. The lowest BCUT2D eigenvalue weighted by Crippen LogP contribution is -2.30. The van der Waals surface area contributed by atoms with E-state index in [9.17, 15) is 13.6 Å². The number of halogens is 2. The monoisotopic (exact) mass is 182 g/mol. The molecule has 3 aliphatic carbocycles. The van der Waals surface area contributed by atoms with Gasteiger partial charge in [-0.1, -0.05) is 18.2 Å². The summed E-state index contributed by atoms with van der Waals surface area (Å²) in [6.45, 7) is 0. The number of Topliss-reactive ketones (excluding diaryl/α,β-unsaturated/α-hetero) is 1. The van der Waals surface area contributed by atoms with Gasteiger partial charge in [0.05, 0.1) is 0 Å². The summed E-state index contributed by atoms with van der Waals surface area (Å²) < 4.78 is 26.5. The van der Waals surface area contributed by atoms with Crippen molar-refractivity contribution < 1.29 is 13.6 Å². The second kappa shape index (κ2) is 1.91. The van der Waals surface area contributed by atoms with E-state index in [4.69, 9.17) is 0 Å². The van der Waals surface area contributed by atoms with Crippen molar-refractivity contribution in [2.75, 3.05) is 0 Å². The van der Waals surface area contributed by atoms with E-state index < -0.39 is 17.8 Å². The molecule has 3 aliphatic rings. The Morgan fingerprint density at radius 1 is 1.15 bits per heavy atom. The van der Waals surface area contributed by atoms with Crippen LogP contribution in [0.2, 0.25) is 0 Å².